The fourth-order valence-electron chi connectivity index (χ4n) is 2.91. The Labute approximate surface area is 131 Å². The molecule has 3 N–H and O–H groups in total. The summed E-state index contributed by atoms with van der Waals surface area (Å²) >= 11 is 6.31. The Bertz CT molecular complexity index is 508. The molecule has 1 aliphatic rings. The molecule has 1 aromatic carbocycles. The van der Waals surface area contributed by atoms with E-state index in [0.717, 1.165) is 37.0 Å². The minimum absolute atomic E-state index is 0.0844. The molecular weight excluding hydrogens is 286 g/mol. The summed E-state index contributed by atoms with van der Waals surface area (Å²) in [6.07, 6.45) is 2.52. The second kappa shape index (κ2) is 7.14. The van der Waals surface area contributed by atoms with Gasteiger partial charge in [-0.25, -0.2) is 0 Å². The van der Waals surface area contributed by atoms with Crippen LogP contribution in [0.3, 0.4) is 0 Å². The number of nitrogens with zero attached hydrogens (tertiary/aromatic N) is 2. The van der Waals surface area contributed by atoms with Crippen molar-refractivity contribution in [3.8, 4) is 0 Å². The van der Waals surface area contributed by atoms with Crippen molar-refractivity contribution in [1.82, 2.24) is 4.90 Å². The summed E-state index contributed by atoms with van der Waals surface area (Å²) in [5, 5.41) is 12.4. The minimum Gasteiger partial charge on any atom is -0.409 e. The van der Waals surface area contributed by atoms with E-state index in [1.807, 2.05) is 12.1 Å². The Kier molecular flexibility index (Phi) is 5.48. The van der Waals surface area contributed by atoms with Gasteiger partial charge < -0.3 is 10.9 Å². The van der Waals surface area contributed by atoms with Crippen LogP contribution in [0.25, 0.3) is 0 Å². The monoisotopic (exact) mass is 309 g/mol. The standard InChI is InChI=1S/C16H24ClN3O/c1-11(2)12-5-7-20(8-6-12)10-14-4-3-13(9-15(14)17)16(18)19-21/h3-4,9,11-12,21H,5-8,10H2,1-2H3,(H2,18,19). The molecule has 0 amide bonds. The maximum absolute atomic E-state index is 8.69. The lowest BCUT2D eigenvalue weighted by molar-refractivity contribution is 0.152. The van der Waals surface area contributed by atoms with Gasteiger partial charge >= 0.3 is 0 Å². The smallest absolute Gasteiger partial charge is 0.170 e. The highest BCUT2D eigenvalue weighted by Crippen LogP contribution is 2.27. The van der Waals surface area contributed by atoms with Crippen LogP contribution in [0.15, 0.2) is 23.4 Å². The number of likely N-dealkylation sites (tertiary alicyclic amines) is 1. The predicted octanol–water partition coefficient (Wildman–Crippen LogP) is 3.30. The first kappa shape index (κ1) is 16.1. The van der Waals surface area contributed by atoms with Crippen molar-refractivity contribution < 1.29 is 5.21 Å². The second-order valence-corrected chi connectivity index (χ2v) is 6.56. The maximum atomic E-state index is 8.69. The van der Waals surface area contributed by atoms with Crippen molar-refractivity contribution in [3.05, 3.63) is 34.3 Å². The van der Waals surface area contributed by atoms with Gasteiger partial charge in [0.15, 0.2) is 5.84 Å². The fourth-order valence-corrected chi connectivity index (χ4v) is 3.15. The average molecular weight is 310 g/mol. The van der Waals surface area contributed by atoms with Crippen LogP contribution in [0.1, 0.15) is 37.8 Å². The van der Waals surface area contributed by atoms with Gasteiger partial charge in [0.25, 0.3) is 0 Å². The minimum atomic E-state index is 0.0844. The van der Waals surface area contributed by atoms with E-state index in [0.29, 0.717) is 10.6 Å². The highest BCUT2D eigenvalue weighted by molar-refractivity contribution is 6.31. The Hall–Kier alpha value is -1.26. The van der Waals surface area contributed by atoms with Crippen molar-refractivity contribution >= 4 is 17.4 Å². The SMILES string of the molecule is CC(C)C1CCN(Cc2ccc(/C(N)=N/O)cc2Cl)CC1. The average Bonchev–Trinajstić information content (AvgIpc) is 2.49. The normalized spacial score (nSPS) is 18.4. The lowest BCUT2D eigenvalue weighted by atomic mass is 9.86. The number of rotatable bonds is 4. The molecule has 1 fully saturated rings. The zero-order valence-electron chi connectivity index (χ0n) is 12.7. The molecule has 1 saturated heterocycles. The van der Waals surface area contributed by atoms with Gasteiger partial charge in [-0.2, -0.15) is 0 Å². The van der Waals surface area contributed by atoms with E-state index < -0.39 is 0 Å². The van der Waals surface area contributed by atoms with Crippen LogP contribution in [0.5, 0.6) is 0 Å². The number of hydrogen-bond acceptors (Lipinski definition) is 3. The lowest BCUT2D eigenvalue weighted by Gasteiger charge is -2.34. The van der Waals surface area contributed by atoms with E-state index in [1.54, 1.807) is 6.07 Å². The number of hydrogen-bond donors (Lipinski definition) is 2. The lowest BCUT2D eigenvalue weighted by Crippen LogP contribution is -2.34. The number of benzene rings is 1. The largest absolute Gasteiger partial charge is 0.409 e. The molecule has 21 heavy (non-hydrogen) atoms. The predicted molar refractivity (Wildman–Crippen MR) is 86.8 cm³/mol. The van der Waals surface area contributed by atoms with Crippen molar-refractivity contribution in [2.75, 3.05) is 13.1 Å². The molecule has 5 heteroatoms. The molecule has 0 atom stereocenters. The molecule has 0 bridgehead atoms. The summed E-state index contributed by atoms with van der Waals surface area (Å²) in [5.74, 6) is 1.71. The van der Waals surface area contributed by atoms with Gasteiger partial charge in [-0.3, -0.25) is 4.90 Å². The third kappa shape index (κ3) is 4.11. The van der Waals surface area contributed by atoms with Gasteiger partial charge in [0.2, 0.25) is 0 Å². The zero-order chi connectivity index (χ0) is 15.4. The summed E-state index contributed by atoms with van der Waals surface area (Å²) in [5.41, 5.74) is 7.31. The van der Waals surface area contributed by atoms with Gasteiger partial charge in [0.05, 0.1) is 0 Å². The number of amidine groups is 1. The summed E-state index contributed by atoms with van der Waals surface area (Å²) in [6, 6.07) is 5.56. The fraction of sp³-hybridized carbons (Fsp3) is 0.562. The molecule has 116 valence electrons. The highest BCUT2D eigenvalue weighted by atomic mass is 35.5. The molecule has 4 nitrogen and oxygen atoms in total. The summed E-state index contributed by atoms with van der Waals surface area (Å²) in [4.78, 5) is 2.45. The van der Waals surface area contributed by atoms with Crippen molar-refractivity contribution in [2.24, 2.45) is 22.7 Å². The van der Waals surface area contributed by atoms with Crippen LogP contribution < -0.4 is 5.73 Å². The Morgan fingerprint density at radius 3 is 2.62 bits per heavy atom. The van der Waals surface area contributed by atoms with E-state index in [2.05, 4.69) is 23.9 Å². The first-order valence-corrected chi connectivity index (χ1v) is 7.87. The van der Waals surface area contributed by atoms with Crippen molar-refractivity contribution in [3.63, 3.8) is 0 Å². The van der Waals surface area contributed by atoms with Crippen LogP contribution in [0, 0.1) is 11.8 Å². The van der Waals surface area contributed by atoms with Gasteiger partial charge in [-0.05, 0) is 49.4 Å². The molecule has 1 aromatic rings. The summed E-state index contributed by atoms with van der Waals surface area (Å²) in [6.45, 7) is 7.73. The van der Waals surface area contributed by atoms with Gasteiger partial charge in [0.1, 0.15) is 0 Å². The molecule has 0 spiro atoms. The van der Waals surface area contributed by atoms with E-state index in [-0.39, 0.29) is 5.84 Å². The van der Waals surface area contributed by atoms with Crippen LogP contribution in [0.4, 0.5) is 0 Å². The van der Waals surface area contributed by atoms with E-state index >= 15 is 0 Å². The molecule has 0 unspecified atom stereocenters. The van der Waals surface area contributed by atoms with Crippen LogP contribution >= 0.6 is 11.6 Å². The Morgan fingerprint density at radius 1 is 1.43 bits per heavy atom. The molecule has 2 rings (SSSR count). The maximum Gasteiger partial charge on any atom is 0.170 e. The Balaban J connectivity index is 1.98. The van der Waals surface area contributed by atoms with Gasteiger partial charge in [0, 0.05) is 17.1 Å². The second-order valence-electron chi connectivity index (χ2n) is 6.15. The Morgan fingerprint density at radius 2 is 2.10 bits per heavy atom. The van der Waals surface area contributed by atoms with Crippen LogP contribution in [0.2, 0.25) is 5.02 Å². The van der Waals surface area contributed by atoms with Crippen molar-refractivity contribution in [2.45, 2.75) is 33.2 Å². The molecule has 0 aliphatic carbocycles. The summed E-state index contributed by atoms with van der Waals surface area (Å²) < 4.78 is 0. The first-order valence-electron chi connectivity index (χ1n) is 7.50. The van der Waals surface area contributed by atoms with Crippen LogP contribution in [-0.2, 0) is 6.54 Å². The number of oxime groups is 1. The highest BCUT2D eigenvalue weighted by Gasteiger charge is 2.21. The number of halogens is 1. The molecule has 1 aliphatic heterocycles. The van der Waals surface area contributed by atoms with Crippen LogP contribution in [-0.4, -0.2) is 29.0 Å². The molecule has 0 radical (unpaired) electrons. The molecule has 0 aromatic heterocycles. The topological polar surface area (TPSA) is 61.8 Å². The molecular formula is C16H24ClN3O. The number of nitrogens with two attached hydrogens (primary N) is 1. The third-order valence-electron chi connectivity index (χ3n) is 4.43. The molecule has 0 saturated carbocycles. The van der Waals surface area contributed by atoms with Gasteiger partial charge in [-0.1, -0.05) is 42.7 Å². The quantitative estimate of drug-likeness (QED) is 0.388. The third-order valence-corrected chi connectivity index (χ3v) is 4.78. The zero-order valence-corrected chi connectivity index (χ0v) is 13.5. The molecule has 1 heterocycles. The van der Waals surface area contributed by atoms with E-state index in [9.17, 15) is 0 Å². The summed E-state index contributed by atoms with van der Waals surface area (Å²) in [7, 11) is 0. The number of piperidine rings is 1. The van der Waals surface area contributed by atoms with Gasteiger partial charge in [-0.15, -0.1) is 0 Å². The van der Waals surface area contributed by atoms with E-state index in [4.69, 9.17) is 22.5 Å². The van der Waals surface area contributed by atoms with E-state index in [1.165, 1.54) is 12.8 Å². The first-order chi connectivity index (χ1) is 10.0. The van der Waals surface area contributed by atoms with Crippen molar-refractivity contribution in [1.29, 1.82) is 0 Å².